The van der Waals surface area contributed by atoms with Crippen LogP contribution in [0, 0.1) is 5.92 Å². The lowest BCUT2D eigenvalue weighted by Crippen LogP contribution is -2.34. The summed E-state index contributed by atoms with van der Waals surface area (Å²) >= 11 is 0. The minimum Gasteiger partial charge on any atom is -0.473 e. The Hall–Kier alpha value is -2.40. The van der Waals surface area contributed by atoms with E-state index in [0.29, 0.717) is 24.6 Å². The van der Waals surface area contributed by atoms with Crippen LogP contribution in [0.4, 0.5) is 0 Å². The summed E-state index contributed by atoms with van der Waals surface area (Å²) in [6.07, 6.45) is 4.13. The molecule has 1 saturated carbocycles. The number of amides is 1. The first-order chi connectivity index (χ1) is 12.1. The Bertz CT molecular complexity index is 705. The Morgan fingerprint density at radius 2 is 2.08 bits per heavy atom. The number of aromatic nitrogens is 1. The summed E-state index contributed by atoms with van der Waals surface area (Å²) in [5.74, 6) is 0.527. The number of nitrogens with zero attached hydrogens (tertiary/aromatic N) is 2. The van der Waals surface area contributed by atoms with Gasteiger partial charge in [0.1, 0.15) is 6.61 Å². The van der Waals surface area contributed by atoms with Gasteiger partial charge in [-0.2, -0.15) is 0 Å². The highest BCUT2D eigenvalue weighted by molar-refractivity contribution is 5.94. The molecule has 2 atom stereocenters. The number of hydrogen-bond donors (Lipinski definition) is 1. The zero-order valence-corrected chi connectivity index (χ0v) is 14.5. The maximum absolute atomic E-state index is 12.6. The van der Waals surface area contributed by atoms with Crippen molar-refractivity contribution in [2.45, 2.75) is 32.0 Å². The van der Waals surface area contributed by atoms with Crippen LogP contribution in [-0.2, 0) is 6.61 Å². The maximum atomic E-state index is 12.6. The number of aliphatic hydroxyl groups is 1. The highest BCUT2D eigenvalue weighted by Gasteiger charge is 2.27. The minimum atomic E-state index is -0.294. The fraction of sp³-hybridized carbons (Fsp3) is 0.400. The number of carbonyl (C=O) groups excluding carboxylic acids is 1. The lowest BCUT2D eigenvalue weighted by Gasteiger charge is -2.23. The summed E-state index contributed by atoms with van der Waals surface area (Å²) in [4.78, 5) is 18.5. The van der Waals surface area contributed by atoms with Crippen LogP contribution in [0.1, 0.15) is 35.2 Å². The molecule has 2 unspecified atom stereocenters. The highest BCUT2D eigenvalue weighted by Crippen LogP contribution is 2.26. The number of pyridine rings is 1. The first kappa shape index (κ1) is 17.4. The number of ether oxygens (including phenoxy) is 1. The van der Waals surface area contributed by atoms with Crippen molar-refractivity contribution >= 4 is 5.91 Å². The van der Waals surface area contributed by atoms with E-state index in [1.54, 1.807) is 30.3 Å². The highest BCUT2D eigenvalue weighted by atomic mass is 16.5. The summed E-state index contributed by atoms with van der Waals surface area (Å²) < 4.78 is 5.69. The van der Waals surface area contributed by atoms with Gasteiger partial charge < -0.3 is 14.7 Å². The standard InChI is InChI=1S/C20H24N2O3/c1-22(13-17-8-5-9-18(17)23)20(24)16-10-11-21-19(12-16)25-14-15-6-3-2-4-7-15/h2-4,6-7,10-12,17-18,23H,5,8-9,13-14H2,1H3. The van der Waals surface area contributed by atoms with Crippen LogP contribution < -0.4 is 4.74 Å². The van der Waals surface area contributed by atoms with Crippen LogP contribution in [0.25, 0.3) is 0 Å². The normalized spacial score (nSPS) is 19.6. The lowest BCUT2D eigenvalue weighted by molar-refractivity contribution is 0.0693. The van der Waals surface area contributed by atoms with Crippen molar-refractivity contribution in [2.75, 3.05) is 13.6 Å². The van der Waals surface area contributed by atoms with E-state index < -0.39 is 0 Å². The number of aliphatic hydroxyl groups excluding tert-OH is 1. The van der Waals surface area contributed by atoms with E-state index in [9.17, 15) is 9.90 Å². The van der Waals surface area contributed by atoms with Gasteiger partial charge in [-0.15, -0.1) is 0 Å². The van der Waals surface area contributed by atoms with Crippen molar-refractivity contribution in [3.8, 4) is 5.88 Å². The Labute approximate surface area is 148 Å². The SMILES string of the molecule is CN(CC1CCCC1O)C(=O)c1ccnc(OCc2ccccc2)c1. The molecule has 0 saturated heterocycles. The Balaban J connectivity index is 1.60. The molecule has 1 aromatic carbocycles. The molecule has 3 rings (SSSR count). The van der Waals surface area contributed by atoms with Crippen LogP contribution in [0.5, 0.6) is 5.88 Å². The number of carbonyl (C=O) groups is 1. The Morgan fingerprint density at radius 3 is 2.80 bits per heavy atom. The van der Waals surface area contributed by atoms with Gasteiger partial charge in [0.15, 0.2) is 0 Å². The van der Waals surface area contributed by atoms with E-state index in [1.807, 2.05) is 30.3 Å². The number of rotatable bonds is 6. The van der Waals surface area contributed by atoms with Crippen LogP contribution in [0.3, 0.4) is 0 Å². The van der Waals surface area contributed by atoms with Crippen molar-refractivity contribution in [1.82, 2.24) is 9.88 Å². The van der Waals surface area contributed by atoms with E-state index in [-0.39, 0.29) is 17.9 Å². The third-order valence-corrected chi connectivity index (χ3v) is 4.69. The molecule has 25 heavy (non-hydrogen) atoms. The molecule has 1 fully saturated rings. The van der Waals surface area contributed by atoms with Crippen molar-refractivity contribution in [3.63, 3.8) is 0 Å². The smallest absolute Gasteiger partial charge is 0.253 e. The molecule has 1 amide bonds. The van der Waals surface area contributed by atoms with Crippen molar-refractivity contribution in [1.29, 1.82) is 0 Å². The van der Waals surface area contributed by atoms with E-state index in [0.717, 1.165) is 24.8 Å². The van der Waals surface area contributed by atoms with Crippen LogP contribution in [-0.4, -0.2) is 40.6 Å². The molecule has 2 aromatic rings. The predicted octanol–water partition coefficient (Wildman–Crippen LogP) is 2.89. The average Bonchev–Trinajstić information content (AvgIpc) is 3.05. The molecule has 132 valence electrons. The monoisotopic (exact) mass is 340 g/mol. The molecule has 1 aromatic heterocycles. The Morgan fingerprint density at radius 1 is 1.28 bits per heavy atom. The second kappa shape index (κ2) is 8.12. The molecule has 1 heterocycles. The molecule has 1 aliphatic carbocycles. The van der Waals surface area contributed by atoms with Gasteiger partial charge in [0.2, 0.25) is 5.88 Å². The molecular formula is C20H24N2O3. The second-order valence-corrected chi connectivity index (χ2v) is 6.60. The van der Waals surface area contributed by atoms with Gasteiger partial charge in [0.05, 0.1) is 6.10 Å². The first-order valence-corrected chi connectivity index (χ1v) is 8.70. The predicted molar refractivity (Wildman–Crippen MR) is 95.3 cm³/mol. The van der Waals surface area contributed by atoms with Gasteiger partial charge in [0.25, 0.3) is 5.91 Å². The Kier molecular flexibility index (Phi) is 5.66. The fourth-order valence-electron chi connectivity index (χ4n) is 3.24. The molecule has 5 nitrogen and oxygen atoms in total. The van der Waals surface area contributed by atoms with Gasteiger partial charge in [-0.1, -0.05) is 36.8 Å². The topological polar surface area (TPSA) is 62.7 Å². The van der Waals surface area contributed by atoms with E-state index in [1.165, 1.54) is 0 Å². The molecule has 1 aliphatic rings. The van der Waals surface area contributed by atoms with Gasteiger partial charge >= 0.3 is 0 Å². The summed E-state index contributed by atoms with van der Waals surface area (Å²) in [5.41, 5.74) is 1.60. The largest absolute Gasteiger partial charge is 0.473 e. The van der Waals surface area contributed by atoms with Gasteiger partial charge in [0, 0.05) is 37.3 Å². The van der Waals surface area contributed by atoms with Gasteiger partial charge in [-0.3, -0.25) is 4.79 Å². The zero-order chi connectivity index (χ0) is 17.6. The maximum Gasteiger partial charge on any atom is 0.253 e. The summed E-state index contributed by atoms with van der Waals surface area (Å²) in [5, 5.41) is 9.94. The molecule has 0 bridgehead atoms. The van der Waals surface area contributed by atoms with Crippen molar-refractivity contribution in [2.24, 2.45) is 5.92 Å². The lowest BCUT2D eigenvalue weighted by atomic mass is 10.1. The van der Waals surface area contributed by atoms with E-state index in [2.05, 4.69) is 4.98 Å². The fourth-order valence-corrected chi connectivity index (χ4v) is 3.24. The van der Waals surface area contributed by atoms with Crippen molar-refractivity contribution in [3.05, 3.63) is 59.8 Å². The summed E-state index contributed by atoms with van der Waals surface area (Å²) in [7, 11) is 1.78. The molecular weight excluding hydrogens is 316 g/mol. The molecule has 0 aliphatic heterocycles. The molecule has 5 heteroatoms. The summed E-state index contributed by atoms with van der Waals surface area (Å²) in [6.45, 7) is 0.984. The van der Waals surface area contributed by atoms with Gasteiger partial charge in [-0.05, 0) is 24.5 Å². The first-order valence-electron chi connectivity index (χ1n) is 8.70. The van der Waals surface area contributed by atoms with Gasteiger partial charge in [-0.25, -0.2) is 4.98 Å². The van der Waals surface area contributed by atoms with E-state index >= 15 is 0 Å². The minimum absolute atomic E-state index is 0.0777. The number of hydrogen-bond acceptors (Lipinski definition) is 4. The van der Waals surface area contributed by atoms with Crippen LogP contribution >= 0.6 is 0 Å². The zero-order valence-electron chi connectivity index (χ0n) is 14.5. The third kappa shape index (κ3) is 4.57. The van der Waals surface area contributed by atoms with Crippen LogP contribution in [0.2, 0.25) is 0 Å². The average molecular weight is 340 g/mol. The molecule has 0 radical (unpaired) electrons. The second-order valence-electron chi connectivity index (χ2n) is 6.60. The quantitative estimate of drug-likeness (QED) is 0.878. The van der Waals surface area contributed by atoms with Crippen LogP contribution in [0.15, 0.2) is 48.7 Å². The third-order valence-electron chi connectivity index (χ3n) is 4.69. The number of benzene rings is 1. The van der Waals surface area contributed by atoms with Crippen molar-refractivity contribution < 1.29 is 14.6 Å². The van der Waals surface area contributed by atoms with E-state index in [4.69, 9.17) is 4.74 Å². The molecule has 1 N–H and O–H groups in total. The molecule has 0 spiro atoms. The summed E-state index contributed by atoms with van der Waals surface area (Å²) in [6, 6.07) is 13.2.